The van der Waals surface area contributed by atoms with Crippen LogP contribution in [0.1, 0.15) is 41.3 Å². The molecule has 5 nitrogen and oxygen atoms in total. The van der Waals surface area contributed by atoms with Gasteiger partial charge in [-0.3, -0.25) is 9.88 Å². The van der Waals surface area contributed by atoms with Crippen molar-refractivity contribution < 1.29 is 17.7 Å². The molecule has 1 fully saturated rings. The average Bonchev–Trinajstić information content (AvgIpc) is 3.03. The predicted molar refractivity (Wildman–Crippen MR) is 93.0 cm³/mol. The van der Waals surface area contributed by atoms with Crippen LogP contribution in [0.15, 0.2) is 35.1 Å². The molecule has 8 heteroatoms. The number of fused-ring (bicyclic) bond motifs is 1. The molecule has 4 heterocycles. The molecule has 0 N–H and O–H groups in total. The molecule has 3 aromatic rings. The monoisotopic (exact) mass is 376 g/mol. The Labute approximate surface area is 154 Å². The van der Waals surface area contributed by atoms with E-state index >= 15 is 0 Å². The van der Waals surface area contributed by atoms with Gasteiger partial charge in [0, 0.05) is 30.6 Å². The molecule has 27 heavy (non-hydrogen) atoms. The minimum absolute atomic E-state index is 0.0189. The number of aromatic nitrogens is 3. The Hall–Kier alpha value is -2.48. The number of piperidine rings is 1. The van der Waals surface area contributed by atoms with E-state index in [0.717, 1.165) is 32.5 Å². The molecule has 3 aromatic heterocycles. The largest absolute Gasteiger partial charge is 0.417 e. The Kier molecular flexibility index (Phi) is 4.59. The van der Waals surface area contributed by atoms with Crippen molar-refractivity contribution in [1.29, 1.82) is 0 Å². The minimum atomic E-state index is -4.46. The van der Waals surface area contributed by atoms with E-state index in [1.807, 2.05) is 12.1 Å². The van der Waals surface area contributed by atoms with Crippen LogP contribution in [0.4, 0.5) is 13.2 Å². The van der Waals surface area contributed by atoms with Crippen molar-refractivity contribution in [2.24, 2.45) is 0 Å². The van der Waals surface area contributed by atoms with Gasteiger partial charge in [0.05, 0.1) is 16.6 Å². The molecule has 0 amide bonds. The molecular formula is C19H19F3N4O. The molecule has 1 aliphatic rings. The van der Waals surface area contributed by atoms with Crippen LogP contribution in [0.25, 0.3) is 11.1 Å². The van der Waals surface area contributed by atoms with E-state index in [1.165, 1.54) is 18.6 Å². The number of nitrogens with zero attached hydrogens (tertiary/aromatic N) is 4. The summed E-state index contributed by atoms with van der Waals surface area (Å²) in [4.78, 5) is 10.7. The Balaban J connectivity index is 1.54. The second-order valence-electron chi connectivity index (χ2n) is 6.95. The van der Waals surface area contributed by atoms with E-state index < -0.39 is 11.7 Å². The molecule has 0 aliphatic carbocycles. The number of hydrogen-bond donors (Lipinski definition) is 0. The number of pyridine rings is 2. The van der Waals surface area contributed by atoms with E-state index in [-0.39, 0.29) is 22.7 Å². The van der Waals surface area contributed by atoms with Crippen molar-refractivity contribution in [2.45, 2.75) is 38.4 Å². The maximum atomic E-state index is 13.5. The van der Waals surface area contributed by atoms with Gasteiger partial charge in [-0.1, -0.05) is 5.16 Å². The summed E-state index contributed by atoms with van der Waals surface area (Å²) in [6.07, 6.45) is 0.578. The normalized spacial score (nSPS) is 16.9. The molecule has 1 aliphatic heterocycles. The lowest BCUT2D eigenvalue weighted by atomic mass is 9.91. The van der Waals surface area contributed by atoms with Gasteiger partial charge in [-0.2, -0.15) is 13.2 Å². The van der Waals surface area contributed by atoms with Gasteiger partial charge in [0.25, 0.3) is 5.71 Å². The van der Waals surface area contributed by atoms with Gasteiger partial charge in [-0.15, -0.1) is 0 Å². The lowest BCUT2D eigenvalue weighted by molar-refractivity contribution is -0.136. The highest BCUT2D eigenvalue weighted by molar-refractivity contribution is 5.80. The van der Waals surface area contributed by atoms with Crippen LogP contribution < -0.4 is 0 Å². The molecule has 142 valence electrons. The molecule has 0 unspecified atom stereocenters. The number of rotatable bonds is 3. The topological polar surface area (TPSA) is 55.1 Å². The number of likely N-dealkylation sites (tertiary alicyclic amines) is 1. The second kappa shape index (κ2) is 6.92. The zero-order valence-electron chi connectivity index (χ0n) is 14.8. The Morgan fingerprint density at radius 2 is 1.89 bits per heavy atom. The van der Waals surface area contributed by atoms with Gasteiger partial charge in [0.1, 0.15) is 0 Å². The van der Waals surface area contributed by atoms with E-state index in [4.69, 9.17) is 4.52 Å². The lowest BCUT2D eigenvalue weighted by Crippen LogP contribution is -2.32. The summed E-state index contributed by atoms with van der Waals surface area (Å²) in [5, 5.41) is 3.62. The third-order valence-electron chi connectivity index (χ3n) is 5.10. The highest BCUT2D eigenvalue weighted by Gasteiger charge is 2.36. The van der Waals surface area contributed by atoms with Crippen molar-refractivity contribution in [2.75, 3.05) is 13.1 Å². The molecule has 0 atom stereocenters. The number of aryl methyl sites for hydroxylation is 1. The Morgan fingerprint density at radius 3 is 2.56 bits per heavy atom. The first-order chi connectivity index (χ1) is 12.9. The van der Waals surface area contributed by atoms with Crippen molar-refractivity contribution in [3.05, 3.63) is 53.1 Å². The zero-order chi connectivity index (χ0) is 19.0. The van der Waals surface area contributed by atoms with E-state index in [2.05, 4.69) is 20.0 Å². The summed E-state index contributed by atoms with van der Waals surface area (Å²) < 4.78 is 45.6. The van der Waals surface area contributed by atoms with E-state index in [1.54, 1.807) is 12.4 Å². The third kappa shape index (κ3) is 3.66. The summed E-state index contributed by atoms with van der Waals surface area (Å²) in [5.74, 6) is -0.0189. The molecule has 0 aromatic carbocycles. The van der Waals surface area contributed by atoms with E-state index in [9.17, 15) is 13.2 Å². The van der Waals surface area contributed by atoms with Gasteiger partial charge in [-0.25, -0.2) is 4.98 Å². The van der Waals surface area contributed by atoms with Gasteiger partial charge >= 0.3 is 6.18 Å². The predicted octanol–water partition coefficient (Wildman–Crippen LogP) is 4.32. The van der Waals surface area contributed by atoms with Crippen LogP contribution in [0, 0.1) is 6.92 Å². The lowest BCUT2D eigenvalue weighted by Gasteiger charge is -2.31. The summed E-state index contributed by atoms with van der Waals surface area (Å²) in [7, 11) is 0. The molecule has 4 rings (SSSR count). The van der Waals surface area contributed by atoms with Crippen LogP contribution in [0.5, 0.6) is 0 Å². The third-order valence-corrected chi connectivity index (χ3v) is 5.10. The van der Waals surface area contributed by atoms with Crippen LogP contribution >= 0.6 is 0 Å². The molecule has 0 bridgehead atoms. The van der Waals surface area contributed by atoms with Crippen molar-refractivity contribution in [3.8, 4) is 0 Å². The van der Waals surface area contributed by atoms with Crippen LogP contribution in [-0.2, 0) is 12.7 Å². The van der Waals surface area contributed by atoms with Crippen molar-refractivity contribution in [1.82, 2.24) is 20.0 Å². The second-order valence-corrected chi connectivity index (χ2v) is 6.95. The Morgan fingerprint density at radius 1 is 1.19 bits per heavy atom. The van der Waals surface area contributed by atoms with Gasteiger partial charge in [0.2, 0.25) is 0 Å². The van der Waals surface area contributed by atoms with Crippen LogP contribution in [0.3, 0.4) is 0 Å². The van der Waals surface area contributed by atoms with Crippen molar-refractivity contribution in [3.63, 3.8) is 0 Å². The minimum Gasteiger partial charge on any atom is -0.336 e. The summed E-state index contributed by atoms with van der Waals surface area (Å²) in [5.41, 5.74) is 1.09. The first kappa shape index (κ1) is 17.9. The Bertz CT molecular complexity index is 931. The first-order valence-corrected chi connectivity index (χ1v) is 8.87. The fourth-order valence-electron chi connectivity index (χ4n) is 3.68. The highest BCUT2D eigenvalue weighted by Crippen LogP contribution is 2.38. The number of hydrogen-bond acceptors (Lipinski definition) is 5. The smallest absolute Gasteiger partial charge is 0.336 e. The molecule has 0 spiro atoms. The highest BCUT2D eigenvalue weighted by atomic mass is 19.4. The fraction of sp³-hybridized carbons (Fsp3) is 0.421. The summed E-state index contributed by atoms with van der Waals surface area (Å²) in [6.45, 7) is 3.93. The quantitative estimate of drug-likeness (QED) is 0.681. The fourth-order valence-corrected chi connectivity index (χ4v) is 3.68. The summed E-state index contributed by atoms with van der Waals surface area (Å²) in [6, 6.07) is 5.13. The van der Waals surface area contributed by atoms with Gasteiger partial charge in [0.15, 0.2) is 0 Å². The average molecular weight is 376 g/mol. The van der Waals surface area contributed by atoms with Crippen LogP contribution in [0.2, 0.25) is 0 Å². The molecule has 1 saturated heterocycles. The number of alkyl halides is 3. The van der Waals surface area contributed by atoms with Gasteiger partial charge in [-0.05, 0) is 56.6 Å². The van der Waals surface area contributed by atoms with Crippen LogP contribution in [-0.4, -0.2) is 33.1 Å². The SMILES string of the molecule is Cc1noc2nc(C3CCN(Cc4ccncc4)CC3)cc(C(F)(F)F)c12. The maximum absolute atomic E-state index is 13.5. The van der Waals surface area contributed by atoms with Crippen molar-refractivity contribution >= 4 is 11.1 Å². The van der Waals surface area contributed by atoms with Gasteiger partial charge < -0.3 is 4.52 Å². The number of halogens is 3. The molecule has 0 saturated carbocycles. The maximum Gasteiger partial charge on any atom is 0.417 e. The zero-order valence-corrected chi connectivity index (χ0v) is 14.8. The summed E-state index contributed by atoms with van der Waals surface area (Å²) >= 11 is 0. The first-order valence-electron chi connectivity index (χ1n) is 8.87. The molecular weight excluding hydrogens is 357 g/mol. The van der Waals surface area contributed by atoms with E-state index in [0.29, 0.717) is 5.69 Å². The standard InChI is InChI=1S/C19H19F3N4O/c1-12-17-15(19(20,21)22)10-16(24-18(17)27-25-12)14-4-8-26(9-5-14)11-13-2-6-23-7-3-13/h2-3,6-7,10,14H,4-5,8-9,11H2,1H3. The molecule has 0 radical (unpaired) electrons.